The van der Waals surface area contributed by atoms with E-state index in [0.717, 1.165) is 0 Å². The van der Waals surface area contributed by atoms with Gasteiger partial charge < -0.3 is 42.6 Å². The number of halogens is 1. The van der Waals surface area contributed by atoms with Crippen LogP contribution in [0.2, 0.25) is 0 Å². The van der Waals surface area contributed by atoms with Gasteiger partial charge in [0.1, 0.15) is 0 Å². The number of rotatable bonds is 0. The van der Waals surface area contributed by atoms with Gasteiger partial charge in [0.15, 0.2) is 0 Å². The van der Waals surface area contributed by atoms with Gasteiger partial charge in [-0.3, -0.25) is 0 Å². The standard InChI is InChI=1S/Ca.ClH.K.H3O4P.2H2O/c;;;1-5(2,3)4;;/h;1H;;(H3,1,2,3,4);2*1H2/q+2;;+1;;;/p-3. The summed E-state index contributed by atoms with van der Waals surface area (Å²) < 4.78 is 8.66. The van der Waals surface area contributed by atoms with Gasteiger partial charge >= 0.3 is 89.1 Å². The van der Waals surface area contributed by atoms with Crippen molar-refractivity contribution < 1.29 is 94.0 Å². The Balaban J connectivity index is -0.00000000800. The van der Waals surface area contributed by atoms with Crippen molar-refractivity contribution >= 4 is 45.6 Å². The van der Waals surface area contributed by atoms with E-state index in [0.29, 0.717) is 0 Å². The van der Waals surface area contributed by atoms with Crippen LogP contribution in [-0.2, 0) is 4.57 Å². The van der Waals surface area contributed by atoms with Crippen molar-refractivity contribution in [2.75, 3.05) is 0 Å². The van der Waals surface area contributed by atoms with Gasteiger partial charge in [0.25, 0.3) is 0 Å². The minimum atomic E-state index is -5.14. The van der Waals surface area contributed by atoms with Crippen molar-refractivity contribution in [2.45, 2.75) is 0 Å². The zero-order valence-corrected chi connectivity index (χ0v) is 12.2. The Morgan fingerprint density at radius 2 is 1.20 bits per heavy atom. The van der Waals surface area contributed by atoms with Crippen molar-refractivity contribution in [1.29, 1.82) is 0 Å². The van der Waals surface area contributed by atoms with Crippen molar-refractivity contribution in [3.05, 3.63) is 0 Å². The maximum Gasteiger partial charge on any atom is 2.00 e. The van der Waals surface area contributed by atoms with Crippen molar-refractivity contribution in [3.63, 3.8) is 0 Å². The van der Waals surface area contributed by atoms with Crippen LogP contribution in [0.25, 0.3) is 0 Å². The van der Waals surface area contributed by atoms with E-state index in [-0.39, 0.29) is 112 Å². The largest absolute Gasteiger partial charge is 2.00 e. The molecule has 0 bridgehead atoms. The SMILES string of the molecule is O.O.O=P([O-])([O-])O.[Ca+2].[Cl-].[K+]. The molecule has 0 spiro atoms. The molecule has 0 rings (SSSR count). The Morgan fingerprint density at radius 1 is 1.20 bits per heavy atom. The van der Waals surface area contributed by atoms with E-state index in [1.54, 1.807) is 0 Å². The molecule has 10 heteroatoms. The van der Waals surface area contributed by atoms with Gasteiger partial charge in [0.05, 0.1) is 7.82 Å². The molecule has 0 aliphatic carbocycles. The van der Waals surface area contributed by atoms with Crippen LogP contribution in [0.4, 0.5) is 0 Å². The third-order valence-corrected chi connectivity index (χ3v) is 0. The molecule has 0 aromatic carbocycles. The first kappa shape index (κ1) is 37.9. The van der Waals surface area contributed by atoms with Crippen LogP contribution >= 0.6 is 7.82 Å². The third kappa shape index (κ3) is 113. The van der Waals surface area contributed by atoms with Crippen molar-refractivity contribution in [1.82, 2.24) is 0 Å². The van der Waals surface area contributed by atoms with Crippen molar-refractivity contribution in [2.24, 2.45) is 0 Å². The first-order valence-corrected chi connectivity index (χ1v) is 2.24. The second-order valence-electron chi connectivity index (χ2n) is 0.469. The van der Waals surface area contributed by atoms with E-state index < -0.39 is 7.82 Å². The zero-order valence-electron chi connectivity index (χ0n) is 5.20. The summed E-state index contributed by atoms with van der Waals surface area (Å²) in [4.78, 5) is 24.3. The first-order chi connectivity index (χ1) is 2.00. The van der Waals surface area contributed by atoms with E-state index in [4.69, 9.17) is 19.2 Å². The molecule has 0 radical (unpaired) electrons. The van der Waals surface area contributed by atoms with Gasteiger partial charge in [0.2, 0.25) is 0 Å². The molecule has 0 saturated carbocycles. The van der Waals surface area contributed by atoms with E-state index in [9.17, 15) is 0 Å². The van der Waals surface area contributed by atoms with Gasteiger partial charge in [-0.25, -0.2) is 0 Å². The molecule has 56 valence electrons. The number of hydrogen-bond acceptors (Lipinski definition) is 3. The Hall–Kier alpha value is 3.22. The van der Waals surface area contributed by atoms with E-state index in [1.807, 2.05) is 0 Å². The molecule has 5 N–H and O–H groups in total. The second kappa shape index (κ2) is 18.1. The summed E-state index contributed by atoms with van der Waals surface area (Å²) >= 11 is 0. The summed E-state index contributed by atoms with van der Waals surface area (Å²) in [5.74, 6) is 0. The average molecular weight is 247 g/mol. The maximum absolute atomic E-state index is 8.66. The van der Waals surface area contributed by atoms with Crippen LogP contribution in [0.1, 0.15) is 0 Å². The van der Waals surface area contributed by atoms with Crippen LogP contribution in [0.5, 0.6) is 0 Å². The second-order valence-corrected chi connectivity index (χ2v) is 1.41. The molecule has 0 unspecified atom stereocenters. The summed E-state index contributed by atoms with van der Waals surface area (Å²) in [6, 6.07) is 0. The summed E-state index contributed by atoms with van der Waals surface area (Å²) in [5, 5.41) is 0. The van der Waals surface area contributed by atoms with Crippen LogP contribution in [0, 0.1) is 0 Å². The fourth-order valence-electron chi connectivity index (χ4n) is 0. The first-order valence-electron chi connectivity index (χ1n) is 0.748. The minimum absolute atomic E-state index is 0. The van der Waals surface area contributed by atoms with Crippen LogP contribution in [-0.4, -0.2) is 53.6 Å². The molecule has 0 atom stereocenters. The van der Waals surface area contributed by atoms with Crippen LogP contribution < -0.4 is 73.6 Å². The quantitative estimate of drug-likeness (QED) is 0.334. The normalized spacial score (nSPS) is 5.90. The van der Waals surface area contributed by atoms with Gasteiger partial charge in [-0.1, -0.05) is 0 Å². The molecule has 0 aromatic heterocycles. The van der Waals surface area contributed by atoms with E-state index in [1.165, 1.54) is 0 Å². The van der Waals surface area contributed by atoms with Gasteiger partial charge in [-0.05, 0) is 0 Å². The maximum atomic E-state index is 8.66. The predicted molar refractivity (Wildman–Crippen MR) is 22.8 cm³/mol. The molecule has 0 amide bonds. The van der Waals surface area contributed by atoms with E-state index >= 15 is 0 Å². The molecule has 0 heterocycles. The molecule has 0 saturated heterocycles. The monoisotopic (exact) mass is 246 g/mol. The van der Waals surface area contributed by atoms with Crippen LogP contribution in [0.3, 0.4) is 0 Å². The summed E-state index contributed by atoms with van der Waals surface area (Å²) in [5.41, 5.74) is 0. The number of hydrogen-bond donors (Lipinski definition) is 1. The summed E-state index contributed by atoms with van der Waals surface area (Å²) in [6.45, 7) is 0. The molecule has 6 nitrogen and oxygen atoms in total. The van der Waals surface area contributed by atoms with Gasteiger partial charge in [-0.2, -0.15) is 0 Å². The summed E-state index contributed by atoms with van der Waals surface area (Å²) in [6.07, 6.45) is 0. The molecule has 0 aromatic rings. The van der Waals surface area contributed by atoms with Crippen molar-refractivity contribution in [3.8, 4) is 0 Å². The number of phosphoric acid groups is 1. The molecule has 0 fully saturated rings. The Bertz CT molecular complexity index is 63.9. The topological polar surface area (TPSA) is 146 Å². The molecule has 0 aliphatic heterocycles. The molecular weight excluding hydrogens is 242 g/mol. The molecule has 10 heavy (non-hydrogen) atoms. The molecular formula is H5CaClKO6P. The van der Waals surface area contributed by atoms with Crippen LogP contribution in [0.15, 0.2) is 0 Å². The zero-order chi connectivity index (χ0) is 4.50. The Morgan fingerprint density at radius 3 is 1.20 bits per heavy atom. The third-order valence-electron chi connectivity index (χ3n) is 0. The fourth-order valence-corrected chi connectivity index (χ4v) is 0. The van der Waals surface area contributed by atoms with E-state index in [2.05, 4.69) is 0 Å². The summed E-state index contributed by atoms with van der Waals surface area (Å²) in [7, 11) is -5.14. The minimum Gasteiger partial charge on any atom is -1.00 e. The Labute approximate surface area is 136 Å². The smallest absolute Gasteiger partial charge is 1.00 e. The molecule has 0 aliphatic rings. The Kier molecular flexibility index (Phi) is 68.5. The average Bonchev–Trinajstić information content (AvgIpc) is 0.722. The predicted octanol–water partition coefficient (Wildman–Crippen LogP) is -10.2. The van der Waals surface area contributed by atoms with Gasteiger partial charge in [0, 0.05) is 0 Å². The fraction of sp³-hybridized carbons (Fsp3) is 0. The van der Waals surface area contributed by atoms with Gasteiger partial charge in [-0.15, -0.1) is 0 Å².